The molecule has 1 aromatic heterocycles. The number of benzene rings is 2. The van der Waals surface area contributed by atoms with Crippen molar-refractivity contribution in [1.82, 2.24) is 4.98 Å². The molecule has 31 heavy (non-hydrogen) atoms. The summed E-state index contributed by atoms with van der Waals surface area (Å²) in [4.78, 5) is 27.0. The van der Waals surface area contributed by atoms with Crippen molar-refractivity contribution in [2.45, 2.75) is 17.6 Å². The summed E-state index contributed by atoms with van der Waals surface area (Å²) in [7, 11) is -3.71. The number of hydrogen-bond acceptors (Lipinski definition) is 4. The molecule has 4 rings (SSSR count). The number of halogens is 1. The van der Waals surface area contributed by atoms with E-state index in [4.69, 9.17) is 11.6 Å². The lowest BCUT2D eigenvalue weighted by Gasteiger charge is -2.07. The Bertz CT molecular complexity index is 1370. The third-order valence-electron chi connectivity index (χ3n) is 4.88. The first kappa shape index (κ1) is 20.9. The number of H-pyrrole nitrogens is 1. The lowest BCUT2D eigenvalue weighted by Crippen LogP contribution is -2.05. The maximum atomic E-state index is 13.0. The van der Waals surface area contributed by atoms with Crippen LogP contribution in [0.2, 0.25) is 5.02 Å². The van der Waals surface area contributed by atoms with Crippen LogP contribution in [0.25, 0.3) is 11.6 Å². The number of carboxylic acid groups (broad SMARTS) is 1. The first-order chi connectivity index (χ1) is 14.6. The van der Waals surface area contributed by atoms with Gasteiger partial charge in [0.2, 0.25) is 0 Å². The SMILES string of the molecule is Cc1cc(C(=O)O)c(/C=C2\C(=O)Nc3ccc(S(=O)(=O)Cc4cccc(Cl)c4)cc32)[nH]1. The molecular formula is C22H17ClN2O5S. The number of aromatic carboxylic acids is 1. The summed E-state index contributed by atoms with van der Waals surface area (Å²) in [5, 5.41) is 12.5. The second-order valence-corrected chi connectivity index (χ2v) is 9.62. The second-order valence-electron chi connectivity index (χ2n) is 7.19. The second kappa shape index (κ2) is 7.72. The van der Waals surface area contributed by atoms with Gasteiger partial charge in [0.05, 0.1) is 27.5 Å². The van der Waals surface area contributed by atoms with Gasteiger partial charge in [-0.25, -0.2) is 13.2 Å². The van der Waals surface area contributed by atoms with E-state index in [2.05, 4.69) is 10.3 Å². The molecule has 0 unspecified atom stereocenters. The summed E-state index contributed by atoms with van der Waals surface area (Å²) in [6.07, 6.45) is 1.42. The van der Waals surface area contributed by atoms with Crippen molar-refractivity contribution < 1.29 is 23.1 Å². The van der Waals surface area contributed by atoms with Crippen LogP contribution in [0.15, 0.2) is 53.4 Å². The molecule has 0 fully saturated rings. The van der Waals surface area contributed by atoms with Crippen molar-refractivity contribution in [2.24, 2.45) is 0 Å². The number of carbonyl (C=O) groups excluding carboxylic acids is 1. The molecule has 0 aliphatic carbocycles. The fourth-order valence-corrected chi connectivity index (χ4v) is 5.05. The number of hydrogen-bond donors (Lipinski definition) is 3. The molecule has 1 aliphatic rings. The van der Waals surface area contributed by atoms with E-state index in [1.165, 1.54) is 30.3 Å². The van der Waals surface area contributed by atoms with Crippen molar-refractivity contribution in [1.29, 1.82) is 0 Å². The van der Waals surface area contributed by atoms with Gasteiger partial charge in [-0.05, 0) is 55.0 Å². The molecule has 0 bridgehead atoms. The third-order valence-corrected chi connectivity index (χ3v) is 6.80. The molecule has 0 saturated heterocycles. The Morgan fingerprint density at radius 2 is 1.94 bits per heavy atom. The number of anilines is 1. The molecule has 0 atom stereocenters. The maximum Gasteiger partial charge on any atom is 0.337 e. The standard InChI is InChI=1S/C22H17ClN2O5S/c1-12-7-18(22(27)28)20(24-12)10-17-16-9-15(5-6-19(16)25-21(17)26)31(29,30)11-13-3-2-4-14(23)8-13/h2-10,24H,11H2,1H3,(H,25,26)(H,27,28)/b17-10-. The molecule has 158 valence electrons. The van der Waals surface area contributed by atoms with Crippen LogP contribution in [0.1, 0.15) is 32.9 Å². The summed E-state index contributed by atoms with van der Waals surface area (Å²) < 4.78 is 25.9. The summed E-state index contributed by atoms with van der Waals surface area (Å²) in [6, 6.07) is 12.5. The Balaban J connectivity index is 1.75. The number of rotatable bonds is 5. The molecule has 3 aromatic rings. The molecule has 2 heterocycles. The van der Waals surface area contributed by atoms with E-state index in [1.807, 2.05) is 0 Å². The molecule has 3 N–H and O–H groups in total. The van der Waals surface area contributed by atoms with Gasteiger partial charge in [-0.2, -0.15) is 0 Å². The number of aryl methyl sites for hydroxylation is 1. The third kappa shape index (κ3) is 4.12. The Labute approximate surface area is 183 Å². The van der Waals surface area contributed by atoms with E-state index in [-0.39, 0.29) is 27.5 Å². The van der Waals surface area contributed by atoms with Gasteiger partial charge >= 0.3 is 5.97 Å². The van der Waals surface area contributed by atoms with Crippen molar-refractivity contribution in [3.63, 3.8) is 0 Å². The van der Waals surface area contributed by atoms with Gasteiger partial charge in [-0.1, -0.05) is 23.7 Å². The summed E-state index contributed by atoms with van der Waals surface area (Å²) in [5.74, 6) is -1.82. The zero-order valence-corrected chi connectivity index (χ0v) is 17.8. The number of sulfone groups is 1. The Kier molecular flexibility index (Phi) is 5.20. The predicted octanol–water partition coefficient (Wildman–Crippen LogP) is 4.14. The van der Waals surface area contributed by atoms with Gasteiger partial charge in [0.1, 0.15) is 0 Å². The Morgan fingerprint density at radius 1 is 1.16 bits per heavy atom. The van der Waals surface area contributed by atoms with Crippen LogP contribution in [0.5, 0.6) is 0 Å². The number of aromatic nitrogens is 1. The van der Waals surface area contributed by atoms with Crippen LogP contribution in [0.3, 0.4) is 0 Å². The highest BCUT2D eigenvalue weighted by atomic mass is 35.5. The van der Waals surface area contributed by atoms with Gasteiger partial charge in [0.25, 0.3) is 5.91 Å². The molecule has 7 nitrogen and oxygen atoms in total. The minimum absolute atomic E-state index is 0.0241. The highest BCUT2D eigenvalue weighted by molar-refractivity contribution is 7.90. The molecule has 1 aliphatic heterocycles. The van der Waals surface area contributed by atoms with Crippen molar-refractivity contribution in [3.8, 4) is 0 Å². The zero-order valence-electron chi connectivity index (χ0n) is 16.3. The predicted molar refractivity (Wildman–Crippen MR) is 118 cm³/mol. The number of carbonyl (C=O) groups is 2. The van der Waals surface area contributed by atoms with Gasteiger partial charge in [-0.15, -0.1) is 0 Å². The quantitative estimate of drug-likeness (QED) is 0.499. The molecular weight excluding hydrogens is 440 g/mol. The lowest BCUT2D eigenvalue weighted by atomic mass is 10.0. The van der Waals surface area contributed by atoms with Crippen LogP contribution in [0.4, 0.5) is 5.69 Å². The first-order valence-corrected chi connectivity index (χ1v) is 11.2. The zero-order chi connectivity index (χ0) is 22.3. The largest absolute Gasteiger partial charge is 0.478 e. The van der Waals surface area contributed by atoms with E-state index >= 15 is 0 Å². The number of nitrogens with one attached hydrogen (secondary N) is 2. The molecule has 0 radical (unpaired) electrons. The summed E-state index contributed by atoms with van der Waals surface area (Å²) in [6.45, 7) is 1.71. The smallest absolute Gasteiger partial charge is 0.337 e. The highest BCUT2D eigenvalue weighted by Crippen LogP contribution is 2.36. The molecule has 2 aromatic carbocycles. The van der Waals surface area contributed by atoms with E-state index in [9.17, 15) is 23.1 Å². The number of amides is 1. The average molecular weight is 457 g/mol. The molecule has 9 heteroatoms. The monoisotopic (exact) mass is 456 g/mol. The van der Waals surface area contributed by atoms with Crippen LogP contribution < -0.4 is 5.32 Å². The maximum absolute atomic E-state index is 13.0. The fourth-order valence-electron chi connectivity index (χ4n) is 3.48. The van der Waals surface area contributed by atoms with Crippen LogP contribution in [0, 0.1) is 6.92 Å². The van der Waals surface area contributed by atoms with Gasteiger partial charge in [0.15, 0.2) is 9.84 Å². The minimum atomic E-state index is -3.71. The highest BCUT2D eigenvalue weighted by Gasteiger charge is 2.28. The lowest BCUT2D eigenvalue weighted by molar-refractivity contribution is -0.110. The first-order valence-electron chi connectivity index (χ1n) is 9.21. The number of carboxylic acids is 1. The molecule has 0 saturated carbocycles. The summed E-state index contributed by atoms with van der Waals surface area (Å²) >= 11 is 5.95. The number of aromatic amines is 1. The normalized spacial score (nSPS) is 14.5. The van der Waals surface area contributed by atoms with Crippen LogP contribution in [-0.2, 0) is 20.4 Å². The Morgan fingerprint density at radius 3 is 2.65 bits per heavy atom. The average Bonchev–Trinajstić information content (AvgIpc) is 3.21. The molecule has 0 spiro atoms. The fraction of sp³-hybridized carbons (Fsp3) is 0.0909. The van der Waals surface area contributed by atoms with Crippen molar-refractivity contribution >= 4 is 50.7 Å². The van der Waals surface area contributed by atoms with E-state index < -0.39 is 21.7 Å². The van der Waals surface area contributed by atoms with Crippen LogP contribution in [-0.4, -0.2) is 30.4 Å². The van der Waals surface area contributed by atoms with Gasteiger partial charge in [0, 0.05) is 22.0 Å². The van der Waals surface area contributed by atoms with Crippen LogP contribution >= 0.6 is 11.6 Å². The minimum Gasteiger partial charge on any atom is -0.478 e. The van der Waals surface area contributed by atoms with Crippen molar-refractivity contribution in [3.05, 3.63) is 81.6 Å². The van der Waals surface area contributed by atoms with Gasteiger partial charge < -0.3 is 15.4 Å². The van der Waals surface area contributed by atoms with Crippen molar-refractivity contribution in [2.75, 3.05) is 5.32 Å². The van der Waals surface area contributed by atoms with E-state index in [0.29, 0.717) is 27.5 Å². The van der Waals surface area contributed by atoms with E-state index in [0.717, 1.165) is 0 Å². The number of fused-ring (bicyclic) bond motifs is 1. The Hall–Kier alpha value is -3.36. The van der Waals surface area contributed by atoms with E-state index in [1.54, 1.807) is 31.2 Å². The molecule has 1 amide bonds. The van der Waals surface area contributed by atoms with Gasteiger partial charge in [-0.3, -0.25) is 4.79 Å². The topological polar surface area (TPSA) is 116 Å². The summed E-state index contributed by atoms with van der Waals surface area (Å²) in [5.41, 5.74) is 2.48.